The van der Waals surface area contributed by atoms with E-state index in [2.05, 4.69) is 111 Å². The molecule has 1 N–H and O–H groups in total. The third-order valence-electron chi connectivity index (χ3n) is 9.84. The molecule has 1 atom stereocenters. The van der Waals surface area contributed by atoms with E-state index in [9.17, 15) is 14.7 Å². The van der Waals surface area contributed by atoms with Crippen LogP contribution in [0.25, 0.3) is 0 Å². The van der Waals surface area contributed by atoms with E-state index in [0.717, 1.165) is 96.3 Å². The molecule has 5 heteroatoms. The molecule has 0 saturated carbocycles. The average Bonchev–Trinajstić information content (AvgIpc) is 3.23. The molecule has 0 spiro atoms. The van der Waals surface area contributed by atoms with Crippen molar-refractivity contribution in [1.29, 1.82) is 0 Å². The molecule has 0 bridgehead atoms. The van der Waals surface area contributed by atoms with Crippen LogP contribution in [-0.2, 0) is 19.1 Å². The van der Waals surface area contributed by atoms with Gasteiger partial charge in [-0.3, -0.25) is 9.59 Å². The molecule has 0 fully saturated rings. The first-order valence-corrected chi connectivity index (χ1v) is 23.8. The molecule has 330 valence electrons. The predicted molar refractivity (Wildman–Crippen MR) is 251 cm³/mol. The van der Waals surface area contributed by atoms with Gasteiger partial charge < -0.3 is 14.6 Å². The number of carbonyl (C=O) groups is 2. The SMILES string of the molecule is CC/C=C\C/C=C\C/C=C\C/C=C\C/C=C\C/C=C\CCCCCCCCCCCCCCC(=O)OC(CO)COC(=O)CCCCCCC/C=C\C/C=C\CCC. The second kappa shape index (κ2) is 48.2. The van der Waals surface area contributed by atoms with Gasteiger partial charge in [0.25, 0.3) is 0 Å². The lowest BCUT2D eigenvalue weighted by atomic mass is 10.0. The molecule has 0 heterocycles. The van der Waals surface area contributed by atoms with Gasteiger partial charge in [0, 0.05) is 12.8 Å². The minimum atomic E-state index is -0.783. The van der Waals surface area contributed by atoms with Crippen molar-refractivity contribution in [1.82, 2.24) is 0 Å². The van der Waals surface area contributed by atoms with Crippen LogP contribution in [0.3, 0.4) is 0 Å². The van der Waals surface area contributed by atoms with Crippen LogP contribution in [0.15, 0.2) is 97.2 Å². The highest BCUT2D eigenvalue weighted by molar-refractivity contribution is 5.70. The summed E-state index contributed by atoms with van der Waals surface area (Å²) in [6, 6.07) is 0. The molecule has 0 saturated heterocycles. The number of carbonyl (C=O) groups excluding carboxylic acids is 2. The normalized spacial score (nSPS) is 13.1. The maximum absolute atomic E-state index is 12.2. The number of hydrogen-bond acceptors (Lipinski definition) is 5. The van der Waals surface area contributed by atoms with Gasteiger partial charge >= 0.3 is 11.9 Å². The first kappa shape index (κ1) is 54.8. The van der Waals surface area contributed by atoms with Crippen molar-refractivity contribution >= 4 is 11.9 Å². The lowest BCUT2D eigenvalue weighted by Crippen LogP contribution is -2.28. The highest BCUT2D eigenvalue weighted by atomic mass is 16.6. The first-order valence-electron chi connectivity index (χ1n) is 23.8. The fourth-order valence-electron chi connectivity index (χ4n) is 6.30. The fraction of sp³-hybridized carbons (Fsp3) is 0.660. The van der Waals surface area contributed by atoms with Crippen molar-refractivity contribution in [3.8, 4) is 0 Å². The molecular weight excluding hydrogens is 717 g/mol. The number of hydrogen-bond donors (Lipinski definition) is 1. The van der Waals surface area contributed by atoms with Gasteiger partial charge in [-0.1, -0.05) is 201 Å². The molecule has 5 nitrogen and oxygen atoms in total. The third-order valence-corrected chi connectivity index (χ3v) is 9.84. The molecule has 0 aliphatic carbocycles. The van der Waals surface area contributed by atoms with Crippen LogP contribution in [0.2, 0.25) is 0 Å². The standard InChI is InChI=1S/C53H88O5/c1-3-5-7-9-11-13-15-17-18-19-20-21-22-23-24-25-26-27-28-29-30-31-32-33-34-36-38-40-42-44-46-48-53(56)58-51(49-54)50-57-52(55)47-45-43-41-39-37-35-16-14-12-10-8-6-4-2/h5,7-8,10-11,13-14,16-18,20-21,23-24,26-27,51,54H,3-4,6,9,12,15,19,22,25,28-50H2,1-2H3/b7-5-,10-8-,13-11-,16-14-,18-17-,21-20-,24-23-,27-26-. The minimum Gasteiger partial charge on any atom is -0.462 e. The van der Waals surface area contributed by atoms with Gasteiger partial charge in [-0.25, -0.2) is 0 Å². The van der Waals surface area contributed by atoms with Crippen molar-refractivity contribution < 1.29 is 24.2 Å². The van der Waals surface area contributed by atoms with E-state index in [0.29, 0.717) is 12.8 Å². The van der Waals surface area contributed by atoms with Crippen LogP contribution in [0.5, 0.6) is 0 Å². The van der Waals surface area contributed by atoms with Crippen LogP contribution in [0.4, 0.5) is 0 Å². The number of aliphatic hydroxyl groups excluding tert-OH is 1. The van der Waals surface area contributed by atoms with Gasteiger partial charge in [-0.05, 0) is 89.9 Å². The van der Waals surface area contributed by atoms with E-state index < -0.39 is 6.10 Å². The van der Waals surface area contributed by atoms with Crippen molar-refractivity contribution in [3.05, 3.63) is 97.2 Å². The van der Waals surface area contributed by atoms with Gasteiger partial charge in [0.05, 0.1) is 6.61 Å². The number of ether oxygens (including phenoxy) is 2. The van der Waals surface area contributed by atoms with Gasteiger partial charge in [0.2, 0.25) is 0 Å². The van der Waals surface area contributed by atoms with Crippen LogP contribution in [-0.4, -0.2) is 36.4 Å². The predicted octanol–water partition coefficient (Wildman–Crippen LogP) is 15.6. The minimum absolute atomic E-state index is 0.0780. The zero-order valence-electron chi connectivity index (χ0n) is 37.5. The van der Waals surface area contributed by atoms with Gasteiger partial charge in [0.15, 0.2) is 6.10 Å². The molecular formula is C53H88O5. The Balaban J connectivity index is 3.54. The van der Waals surface area contributed by atoms with Crippen molar-refractivity contribution in [2.24, 2.45) is 0 Å². The molecule has 0 aromatic rings. The van der Waals surface area contributed by atoms with E-state index in [1.165, 1.54) is 83.5 Å². The molecule has 0 aromatic carbocycles. The van der Waals surface area contributed by atoms with E-state index in [4.69, 9.17) is 9.47 Å². The number of rotatable bonds is 42. The van der Waals surface area contributed by atoms with E-state index in [1.54, 1.807) is 0 Å². The van der Waals surface area contributed by atoms with Crippen molar-refractivity contribution in [2.75, 3.05) is 13.2 Å². The topological polar surface area (TPSA) is 72.8 Å². The highest BCUT2D eigenvalue weighted by Gasteiger charge is 2.16. The maximum atomic E-state index is 12.2. The summed E-state index contributed by atoms with van der Waals surface area (Å²) < 4.78 is 10.6. The summed E-state index contributed by atoms with van der Waals surface area (Å²) in [6.07, 6.45) is 67.8. The summed E-state index contributed by atoms with van der Waals surface area (Å²) >= 11 is 0. The number of esters is 2. The Bertz CT molecular complexity index is 1140. The number of allylic oxidation sites excluding steroid dienone is 16. The lowest BCUT2D eigenvalue weighted by Gasteiger charge is -2.15. The Morgan fingerprint density at radius 1 is 0.414 bits per heavy atom. The highest BCUT2D eigenvalue weighted by Crippen LogP contribution is 2.14. The summed E-state index contributed by atoms with van der Waals surface area (Å²) in [5, 5.41) is 9.59. The van der Waals surface area contributed by atoms with Crippen LogP contribution >= 0.6 is 0 Å². The third kappa shape index (κ3) is 45.5. The maximum Gasteiger partial charge on any atom is 0.306 e. The molecule has 58 heavy (non-hydrogen) atoms. The van der Waals surface area contributed by atoms with Gasteiger partial charge in [0.1, 0.15) is 6.61 Å². The second-order valence-electron chi connectivity index (χ2n) is 15.4. The largest absolute Gasteiger partial charge is 0.462 e. The molecule has 0 aliphatic rings. The number of unbranched alkanes of at least 4 members (excludes halogenated alkanes) is 18. The molecule has 1 unspecified atom stereocenters. The van der Waals surface area contributed by atoms with Crippen molar-refractivity contribution in [3.63, 3.8) is 0 Å². The Labute approximate surface area is 358 Å². The summed E-state index contributed by atoms with van der Waals surface area (Å²) in [5.41, 5.74) is 0. The Kier molecular flexibility index (Phi) is 45.5. The monoisotopic (exact) mass is 805 g/mol. The van der Waals surface area contributed by atoms with Crippen LogP contribution in [0, 0.1) is 0 Å². The molecule has 0 aromatic heterocycles. The fourth-order valence-corrected chi connectivity index (χ4v) is 6.30. The van der Waals surface area contributed by atoms with E-state index in [-0.39, 0.29) is 25.2 Å². The molecule has 0 aliphatic heterocycles. The summed E-state index contributed by atoms with van der Waals surface area (Å²) in [4.78, 5) is 24.3. The van der Waals surface area contributed by atoms with Gasteiger partial charge in [-0.2, -0.15) is 0 Å². The smallest absolute Gasteiger partial charge is 0.306 e. The Morgan fingerprint density at radius 2 is 0.741 bits per heavy atom. The summed E-state index contributed by atoms with van der Waals surface area (Å²) in [7, 11) is 0. The van der Waals surface area contributed by atoms with E-state index in [1.807, 2.05) is 0 Å². The second-order valence-corrected chi connectivity index (χ2v) is 15.4. The van der Waals surface area contributed by atoms with Gasteiger partial charge in [-0.15, -0.1) is 0 Å². The zero-order chi connectivity index (χ0) is 42.1. The Morgan fingerprint density at radius 3 is 1.12 bits per heavy atom. The molecule has 0 amide bonds. The number of aliphatic hydroxyl groups is 1. The lowest BCUT2D eigenvalue weighted by molar-refractivity contribution is -0.161. The molecule has 0 radical (unpaired) electrons. The summed E-state index contributed by atoms with van der Waals surface area (Å²) in [5.74, 6) is -0.614. The molecule has 0 rings (SSSR count). The van der Waals surface area contributed by atoms with Crippen LogP contribution < -0.4 is 0 Å². The zero-order valence-corrected chi connectivity index (χ0v) is 37.5. The van der Waals surface area contributed by atoms with E-state index >= 15 is 0 Å². The first-order chi connectivity index (χ1) is 28.6. The quantitative estimate of drug-likeness (QED) is 0.0378. The summed E-state index contributed by atoms with van der Waals surface area (Å²) in [6.45, 7) is 3.94. The average molecular weight is 805 g/mol. The van der Waals surface area contributed by atoms with Crippen LogP contribution in [0.1, 0.15) is 206 Å². The van der Waals surface area contributed by atoms with Crippen molar-refractivity contribution in [2.45, 2.75) is 213 Å². The Hall–Kier alpha value is -3.18.